The molecule has 2 heterocycles. The third-order valence-corrected chi connectivity index (χ3v) is 4.92. The fourth-order valence-corrected chi connectivity index (χ4v) is 3.44. The van der Waals surface area contributed by atoms with Crippen LogP contribution in [0.3, 0.4) is 0 Å². The highest BCUT2D eigenvalue weighted by Gasteiger charge is 2.34. The molecule has 2 aromatic rings. The number of aryl methyl sites for hydroxylation is 1. The lowest BCUT2D eigenvalue weighted by Gasteiger charge is -2.24. The van der Waals surface area contributed by atoms with Crippen LogP contribution in [0.2, 0.25) is 0 Å². The highest BCUT2D eigenvalue weighted by Crippen LogP contribution is 2.40. The van der Waals surface area contributed by atoms with Gasteiger partial charge in [-0.3, -0.25) is 4.90 Å². The van der Waals surface area contributed by atoms with Gasteiger partial charge in [-0.15, -0.1) is 0 Å². The van der Waals surface area contributed by atoms with E-state index in [1.54, 1.807) is 0 Å². The molecule has 0 radical (unpaired) electrons. The van der Waals surface area contributed by atoms with Crippen LogP contribution >= 0.6 is 0 Å². The summed E-state index contributed by atoms with van der Waals surface area (Å²) in [4.78, 5) is 6.82. The number of ether oxygens (including phenoxy) is 1. The number of aliphatic hydroxyl groups excluding tert-OH is 1. The molecule has 2 fully saturated rings. The minimum Gasteiger partial charge on any atom is -0.491 e. The molecule has 4 rings (SSSR count). The fourth-order valence-electron chi connectivity index (χ4n) is 3.44. The molecule has 1 aromatic heterocycles. The van der Waals surface area contributed by atoms with Gasteiger partial charge in [-0.2, -0.15) is 4.98 Å². The van der Waals surface area contributed by atoms with E-state index in [0.29, 0.717) is 12.5 Å². The summed E-state index contributed by atoms with van der Waals surface area (Å²) in [5, 5.41) is 14.6. The van der Waals surface area contributed by atoms with Crippen molar-refractivity contribution in [2.24, 2.45) is 0 Å². The van der Waals surface area contributed by atoms with Gasteiger partial charge in [0.05, 0.1) is 6.04 Å². The molecule has 1 aliphatic carbocycles. The Hall–Kier alpha value is -1.92. The highest BCUT2D eigenvalue weighted by molar-refractivity contribution is 5.27. The van der Waals surface area contributed by atoms with Crippen LogP contribution in [0.15, 0.2) is 28.8 Å². The van der Waals surface area contributed by atoms with Crippen LogP contribution in [-0.2, 0) is 0 Å². The number of likely N-dealkylation sites (tertiary alicyclic amines) is 1. The van der Waals surface area contributed by atoms with E-state index in [1.807, 2.05) is 31.2 Å². The van der Waals surface area contributed by atoms with Crippen molar-refractivity contribution in [1.82, 2.24) is 15.0 Å². The van der Waals surface area contributed by atoms with Gasteiger partial charge in [-0.1, -0.05) is 17.3 Å². The molecule has 2 atom stereocenters. The molecule has 0 spiro atoms. The molecule has 1 saturated heterocycles. The number of hydrogen-bond donors (Lipinski definition) is 1. The lowest BCUT2D eigenvalue weighted by molar-refractivity contribution is 0.0623. The Bertz CT molecular complexity index is 713. The molecule has 25 heavy (non-hydrogen) atoms. The number of β-amino-alcohol motifs (C(OH)–C–C–N with tert-alkyl or cyclic N) is 1. The largest absolute Gasteiger partial charge is 0.491 e. The molecular formula is C19H25N3O3. The van der Waals surface area contributed by atoms with Crippen LogP contribution < -0.4 is 4.74 Å². The van der Waals surface area contributed by atoms with Crippen LogP contribution in [0.25, 0.3) is 0 Å². The zero-order chi connectivity index (χ0) is 17.2. The predicted octanol–water partition coefficient (Wildman–Crippen LogP) is 2.83. The number of aromatic nitrogens is 2. The topological polar surface area (TPSA) is 71.6 Å². The van der Waals surface area contributed by atoms with E-state index in [1.165, 1.54) is 0 Å². The van der Waals surface area contributed by atoms with Crippen molar-refractivity contribution in [2.75, 3.05) is 19.7 Å². The fraction of sp³-hybridized carbons (Fsp3) is 0.579. The van der Waals surface area contributed by atoms with E-state index in [0.717, 1.165) is 55.3 Å². The number of nitrogens with zero attached hydrogens (tertiary/aromatic N) is 3. The van der Waals surface area contributed by atoms with E-state index < -0.39 is 6.10 Å². The first-order valence-corrected chi connectivity index (χ1v) is 9.14. The molecule has 1 saturated carbocycles. The highest BCUT2D eigenvalue weighted by atomic mass is 16.5. The SMILES string of the molecule is Cc1cccc(OCC(O)CN2CCCC2c2noc(C3CC3)n2)c1. The summed E-state index contributed by atoms with van der Waals surface area (Å²) in [6, 6.07) is 8.02. The summed E-state index contributed by atoms with van der Waals surface area (Å²) in [6.45, 7) is 3.81. The Kier molecular flexibility index (Phi) is 4.72. The Morgan fingerprint density at radius 3 is 3.04 bits per heavy atom. The van der Waals surface area contributed by atoms with Crippen LogP contribution in [0.1, 0.15) is 54.9 Å². The molecule has 6 nitrogen and oxygen atoms in total. The van der Waals surface area contributed by atoms with Gasteiger partial charge in [0.25, 0.3) is 0 Å². The van der Waals surface area contributed by atoms with Crippen LogP contribution in [0, 0.1) is 6.92 Å². The normalized spacial score (nSPS) is 22.2. The Morgan fingerprint density at radius 2 is 2.24 bits per heavy atom. The lowest BCUT2D eigenvalue weighted by atomic mass is 10.2. The van der Waals surface area contributed by atoms with Crippen molar-refractivity contribution < 1.29 is 14.4 Å². The number of rotatable bonds is 7. The first-order chi connectivity index (χ1) is 12.2. The molecule has 1 aromatic carbocycles. The van der Waals surface area contributed by atoms with Crippen molar-refractivity contribution in [1.29, 1.82) is 0 Å². The first kappa shape index (κ1) is 16.5. The summed E-state index contributed by atoms with van der Waals surface area (Å²) in [5.74, 6) is 2.82. The molecule has 0 amide bonds. The second kappa shape index (κ2) is 7.14. The van der Waals surface area contributed by atoms with Gasteiger partial charge in [0.15, 0.2) is 5.82 Å². The van der Waals surface area contributed by atoms with Crippen molar-refractivity contribution in [3.63, 3.8) is 0 Å². The van der Waals surface area contributed by atoms with Crippen molar-refractivity contribution >= 4 is 0 Å². The van der Waals surface area contributed by atoms with Gasteiger partial charge in [0, 0.05) is 12.5 Å². The molecule has 134 valence electrons. The number of hydrogen-bond acceptors (Lipinski definition) is 6. The zero-order valence-corrected chi connectivity index (χ0v) is 14.6. The Labute approximate surface area is 147 Å². The van der Waals surface area contributed by atoms with Gasteiger partial charge < -0.3 is 14.4 Å². The summed E-state index contributed by atoms with van der Waals surface area (Å²) in [6.07, 6.45) is 3.87. The molecule has 1 N–H and O–H groups in total. The van der Waals surface area contributed by atoms with Gasteiger partial charge in [0.1, 0.15) is 18.5 Å². The van der Waals surface area contributed by atoms with Crippen molar-refractivity contribution in [3.8, 4) is 5.75 Å². The van der Waals surface area contributed by atoms with Crippen LogP contribution in [0.5, 0.6) is 5.75 Å². The zero-order valence-electron chi connectivity index (χ0n) is 14.6. The Morgan fingerprint density at radius 1 is 1.36 bits per heavy atom. The van der Waals surface area contributed by atoms with Crippen LogP contribution in [-0.4, -0.2) is 45.9 Å². The third-order valence-electron chi connectivity index (χ3n) is 4.92. The quantitative estimate of drug-likeness (QED) is 0.833. The van der Waals surface area contributed by atoms with E-state index in [4.69, 9.17) is 9.26 Å². The average molecular weight is 343 g/mol. The second-order valence-electron chi connectivity index (χ2n) is 7.20. The standard InChI is InChI=1S/C19H25N3O3/c1-13-4-2-5-16(10-13)24-12-15(23)11-22-9-3-6-17(22)18-20-19(25-21-18)14-7-8-14/h2,4-5,10,14-15,17,23H,3,6-9,11-12H2,1H3. The average Bonchev–Trinajstić information content (AvgIpc) is 3.15. The summed E-state index contributed by atoms with van der Waals surface area (Å²) in [5.41, 5.74) is 1.15. The monoisotopic (exact) mass is 343 g/mol. The maximum Gasteiger partial charge on any atom is 0.229 e. The van der Waals surface area contributed by atoms with Crippen LogP contribution in [0.4, 0.5) is 0 Å². The maximum atomic E-state index is 10.4. The van der Waals surface area contributed by atoms with Gasteiger partial charge in [-0.05, 0) is 56.8 Å². The van der Waals surface area contributed by atoms with Gasteiger partial charge in [0.2, 0.25) is 5.89 Å². The molecule has 2 aliphatic rings. The first-order valence-electron chi connectivity index (χ1n) is 9.14. The third kappa shape index (κ3) is 4.02. The predicted molar refractivity (Wildman–Crippen MR) is 92.5 cm³/mol. The molecule has 0 bridgehead atoms. The van der Waals surface area contributed by atoms with Gasteiger partial charge >= 0.3 is 0 Å². The van der Waals surface area contributed by atoms with E-state index in [2.05, 4.69) is 15.0 Å². The molecule has 1 aliphatic heterocycles. The molecule has 2 unspecified atom stereocenters. The number of benzene rings is 1. The van der Waals surface area contributed by atoms with Gasteiger partial charge in [-0.25, -0.2) is 0 Å². The smallest absolute Gasteiger partial charge is 0.229 e. The number of aliphatic hydroxyl groups is 1. The summed E-state index contributed by atoms with van der Waals surface area (Å²) in [7, 11) is 0. The molecule has 6 heteroatoms. The lowest BCUT2D eigenvalue weighted by Crippen LogP contribution is -2.35. The van der Waals surface area contributed by atoms with E-state index in [9.17, 15) is 5.11 Å². The summed E-state index contributed by atoms with van der Waals surface area (Å²) < 4.78 is 11.1. The maximum absolute atomic E-state index is 10.4. The Balaban J connectivity index is 1.32. The minimum absolute atomic E-state index is 0.143. The van der Waals surface area contributed by atoms with Crippen molar-refractivity contribution in [2.45, 2.75) is 50.7 Å². The minimum atomic E-state index is -0.545. The van der Waals surface area contributed by atoms with E-state index >= 15 is 0 Å². The molecular weight excluding hydrogens is 318 g/mol. The summed E-state index contributed by atoms with van der Waals surface area (Å²) >= 11 is 0. The van der Waals surface area contributed by atoms with E-state index in [-0.39, 0.29) is 12.6 Å². The van der Waals surface area contributed by atoms with Crippen molar-refractivity contribution in [3.05, 3.63) is 41.5 Å². The second-order valence-corrected chi connectivity index (χ2v) is 7.20.